The van der Waals surface area contributed by atoms with Crippen molar-refractivity contribution in [2.24, 2.45) is 0 Å². The zero-order valence-electron chi connectivity index (χ0n) is 20.6. The summed E-state index contributed by atoms with van der Waals surface area (Å²) in [6, 6.07) is 12.6. The van der Waals surface area contributed by atoms with Crippen LogP contribution in [0.25, 0.3) is 6.08 Å². The first-order valence-electron chi connectivity index (χ1n) is 11.3. The number of nitrogens with zero attached hydrogens (tertiary/aromatic N) is 1. The Balaban J connectivity index is 1.50. The van der Waals surface area contributed by atoms with Gasteiger partial charge in [-0.25, -0.2) is 9.59 Å². The predicted molar refractivity (Wildman–Crippen MR) is 143 cm³/mol. The van der Waals surface area contributed by atoms with E-state index in [0.717, 1.165) is 4.90 Å². The number of halogens is 2. The van der Waals surface area contributed by atoms with Crippen LogP contribution in [0.2, 0.25) is 5.02 Å². The smallest absolute Gasteiger partial charge is 0.373 e. The molecule has 1 aliphatic heterocycles. The SMILES string of the molecule is COC(=O)c1ccc(CN2C(=O)N/C(=C\c3cc(OC)c(OCC(=O)Nc4ccccc4)c(Cl)c3Br)C2=O)o1. The fraction of sp³-hybridized carbons (Fsp3) is 0.154. The van der Waals surface area contributed by atoms with Crippen molar-refractivity contribution in [2.45, 2.75) is 6.54 Å². The van der Waals surface area contributed by atoms with Gasteiger partial charge in [0.05, 0.1) is 20.8 Å². The maximum Gasteiger partial charge on any atom is 0.373 e. The average molecular weight is 619 g/mol. The molecule has 0 aliphatic carbocycles. The van der Waals surface area contributed by atoms with Crippen molar-refractivity contribution < 1.29 is 37.8 Å². The minimum Gasteiger partial charge on any atom is -0.493 e. The number of hydrogen-bond donors (Lipinski definition) is 2. The third-order valence-corrected chi connectivity index (χ3v) is 6.85. The van der Waals surface area contributed by atoms with E-state index in [-0.39, 0.29) is 46.9 Å². The Morgan fingerprint density at radius 2 is 1.90 bits per heavy atom. The molecule has 1 aromatic heterocycles. The molecule has 11 nitrogen and oxygen atoms in total. The Hall–Kier alpha value is -4.29. The van der Waals surface area contributed by atoms with Gasteiger partial charge in [0.15, 0.2) is 18.1 Å². The molecule has 0 unspecified atom stereocenters. The van der Waals surface area contributed by atoms with Crippen LogP contribution in [-0.4, -0.2) is 49.5 Å². The van der Waals surface area contributed by atoms with Gasteiger partial charge in [-0.15, -0.1) is 0 Å². The maximum absolute atomic E-state index is 13.0. The second-order valence-corrected chi connectivity index (χ2v) is 9.14. The Morgan fingerprint density at radius 3 is 2.59 bits per heavy atom. The van der Waals surface area contributed by atoms with Gasteiger partial charge in [-0.3, -0.25) is 14.5 Å². The van der Waals surface area contributed by atoms with Crippen LogP contribution >= 0.6 is 27.5 Å². The number of methoxy groups -OCH3 is 2. The molecular weight excluding hydrogens is 598 g/mol. The Labute approximate surface area is 235 Å². The highest BCUT2D eigenvalue weighted by atomic mass is 79.9. The van der Waals surface area contributed by atoms with Gasteiger partial charge in [-0.2, -0.15) is 0 Å². The minimum atomic E-state index is -0.682. The van der Waals surface area contributed by atoms with Crippen molar-refractivity contribution in [3.63, 3.8) is 0 Å². The topological polar surface area (TPSA) is 136 Å². The van der Waals surface area contributed by atoms with E-state index in [1.807, 2.05) is 6.07 Å². The lowest BCUT2D eigenvalue weighted by Gasteiger charge is -2.15. The number of anilines is 1. The van der Waals surface area contributed by atoms with Crippen molar-refractivity contribution >= 4 is 63.1 Å². The fourth-order valence-corrected chi connectivity index (χ4v) is 4.22. The van der Waals surface area contributed by atoms with Gasteiger partial charge in [0.1, 0.15) is 16.5 Å². The molecule has 39 heavy (non-hydrogen) atoms. The number of nitrogens with one attached hydrogen (secondary N) is 2. The zero-order chi connectivity index (χ0) is 28.1. The highest BCUT2D eigenvalue weighted by Gasteiger charge is 2.35. The summed E-state index contributed by atoms with van der Waals surface area (Å²) in [5.74, 6) is -1.25. The molecule has 1 fully saturated rings. The third kappa shape index (κ3) is 6.24. The summed E-state index contributed by atoms with van der Waals surface area (Å²) in [4.78, 5) is 50.3. The molecule has 2 heterocycles. The first-order chi connectivity index (χ1) is 18.7. The van der Waals surface area contributed by atoms with E-state index >= 15 is 0 Å². The lowest BCUT2D eigenvalue weighted by atomic mass is 10.1. The predicted octanol–water partition coefficient (Wildman–Crippen LogP) is 4.60. The van der Waals surface area contributed by atoms with Crippen molar-refractivity contribution in [2.75, 3.05) is 26.1 Å². The second-order valence-electron chi connectivity index (χ2n) is 7.97. The Kier molecular flexibility index (Phi) is 8.57. The Morgan fingerprint density at radius 1 is 1.15 bits per heavy atom. The molecule has 0 saturated carbocycles. The van der Waals surface area contributed by atoms with Gasteiger partial charge in [0.25, 0.3) is 11.8 Å². The van der Waals surface area contributed by atoms with Gasteiger partial charge in [0.2, 0.25) is 5.76 Å². The third-order valence-electron chi connectivity index (χ3n) is 5.41. The van der Waals surface area contributed by atoms with E-state index in [4.69, 9.17) is 25.5 Å². The van der Waals surface area contributed by atoms with Gasteiger partial charge in [-0.1, -0.05) is 29.8 Å². The summed E-state index contributed by atoms with van der Waals surface area (Å²) < 4.78 is 21.3. The van der Waals surface area contributed by atoms with E-state index in [2.05, 4.69) is 31.3 Å². The number of carbonyl (C=O) groups is 4. The van der Waals surface area contributed by atoms with Gasteiger partial charge in [0, 0.05) is 10.2 Å². The summed E-state index contributed by atoms with van der Waals surface area (Å²) >= 11 is 9.89. The van der Waals surface area contributed by atoms with Crippen LogP contribution in [-0.2, 0) is 20.9 Å². The van der Waals surface area contributed by atoms with E-state index < -0.39 is 23.8 Å². The van der Waals surface area contributed by atoms with Crippen molar-refractivity contribution in [3.8, 4) is 11.5 Å². The van der Waals surface area contributed by atoms with Gasteiger partial charge >= 0.3 is 12.0 Å². The second kappa shape index (κ2) is 12.0. The molecule has 13 heteroatoms. The quantitative estimate of drug-likeness (QED) is 0.202. The Bertz CT molecular complexity index is 1470. The summed E-state index contributed by atoms with van der Waals surface area (Å²) in [6.45, 7) is -0.548. The molecule has 1 aliphatic rings. The molecule has 0 spiro atoms. The van der Waals surface area contributed by atoms with Crippen LogP contribution in [0.5, 0.6) is 11.5 Å². The van der Waals surface area contributed by atoms with Gasteiger partial charge < -0.3 is 29.3 Å². The van der Waals surface area contributed by atoms with E-state index in [0.29, 0.717) is 15.7 Å². The van der Waals surface area contributed by atoms with Crippen molar-refractivity contribution in [1.82, 2.24) is 10.2 Å². The minimum absolute atomic E-state index is 0.0329. The number of furan rings is 1. The highest BCUT2D eigenvalue weighted by molar-refractivity contribution is 9.10. The molecule has 0 bridgehead atoms. The normalized spacial score (nSPS) is 13.8. The number of imide groups is 1. The lowest BCUT2D eigenvalue weighted by molar-refractivity contribution is -0.123. The van der Waals surface area contributed by atoms with Crippen LogP contribution in [0.15, 0.2) is 63.1 Å². The molecular formula is C26H21BrClN3O8. The molecule has 2 aromatic carbocycles. The number of esters is 1. The number of rotatable bonds is 9. The van der Waals surface area contributed by atoms with E-state index in [9.17, 15) is 19.2 Å². The van der Waals surface area contributed by atoms with Crippen molar-refractivity contribution in [1.29, 1.82) is 0 Å². The first kappa shape index (κ1) is 27.7. The van der Waals surface area contributed by atoms with Crippen LogP contribution in [0.4, 0.5) is 10.5 Å². The first-order valence-corrected chi connectivity index (χ1v) is 12.4. The van der Waals surface area contributed by atoms with Crippen LogP contribution in [0, 0.1) is 0 Å². The molecule has 4 amide bonds. The summed E-state index contributed by atoms with van der Waals surface area (Å²) in [5, 5.41) is 5.30. The van der Waals surface area contributed by atoms with Crippen LogP contribution in [0.1, 0.15) is 21.9 Å². The van der Waals surface area contributed by atoms with Gasteiger partial charge in [-0.05, 0) is 57.9 Å². The number of urea groups is 1. The summed E-state index contributed by atoms with van der Waals surface area (Å²) in [6.07, 6.45) is 1.41. The molecule has 2 N–H and O–H groups in total. The molecule has 3 aromatic rings. The van der Waals surface area contributed by atoms with Crippen LogP contribution < -0.4 is 20.1 Å². The summed E-state index contributed by atoms with van der Waals surface area (Å²) in [7, 11) is 2.60. The number of carbonyl (C=O) groups excluding carboxylic acids is 4. The molecule has 1 saturated heterocycles. The number of para-hydroxylation sites is 1. The molecule has 4 rings (SSSR count). The zero-order valence-corrected chi connectivity index (χ0v) is 22.9. The number of hydrogen-bond acceptors (Lipinski definition) is 8. The van der Waals surface area contributed by atoms with E-state index in [1.54, 1.807) is 24.3 Å². The largest absolute Gasteiger partial charge is 0.493 e. The fourth-order valence-electron chi connectivity index (χ4n) is 3.55. The monoisotopic (exact) mass is 617 g/mol. The standard InChI is InChI=1S/C26H21BrClN3O8/c1-36-19-11-14(21(27)22(28)23(19)38-13-20(32)29-15-6-4-3-5-7-15)10-17-24(33)31(26(35)30-17)12-16-8-9-18(39-16)25(34)37-2/h3-11H,12-13H2,1-2H3,(H,29,32)(H,30,35)/b17-10-. The number of amides is 4. The molecule has 0 radical (unpaired) electrons. The summed E-state index contributed by atoms with van der Waals surface area (Å²) in [5.41, 5.74) is 0.976. The number of benzene rings is 2. The van der Waals surface area contributed by atoms with E-state index in [1.165, 1.54) is 38.5 Å². The number of ether oxygens (including phenoxy) is 3. The average Bonchev–Trinajstić information content (AvgIpc) is 3.51. The molecule has 202 valence electrons. The van der Waals surface area contributed by atoms with Crippen LogP contribution in [0.3, 0.4) is 0 Å². The highest BCUT2D eigenvalue weighted by Crippen LogP contribution is 2.43. The van der Waals surface area contributed by atoms with Crippen molar-refractivity contribution in [3.05, 3.63) is 80.8 Å². The maximum atomic E-state index is 13.0. The molecule has 0 atom stereocenters. The lowest BCUT2D eigenvalue weighted by Crippen LogP contribution is -2.30.